The summed E-state index contributed by atoms with van der Waals surface area (Å²) in [6.45, 7) is 14.5. The number of nitrogens with zero attached hydrogens (tertiary/aromatic N) is 3. The molecule has 4 rings (SSSR count). The van der Waals surface area contributed by atoms with Gasteiger partial charge in [0.05, 0.1) is 39.6 Å². The van der Waals surface area contributed by atoms with Gasteiger partial charge < -0.3 is 14.5 Å². The Labute approximate surface area is 285 Å². The molecule has 1 amide bonds. The van der Waals surface area contributed by atoms with E-state index >= 15 is 0 Å². The number of halogens is 7. The van der Waals surface area contributed by atoms with Gasteiger partial charge in [0.1, 0.15) is 5.75 Å². The predicted molar refractivity (Wildman–Crippen MR) is 178 cm³/mol. The topological polar surface area (TPSA) is 76.6 Å². The molecule has 2 unspecified atom stereocenters. The molecule has 0 saturated heterocycles. The molecule has 0 spiro atoms. The highest BCUT2D eigenvalue weighted by molar-refractivity contribution is 9.10. The van der Waals surface area contributed by atoms with Crippen molar-refractivity contribution in [1.29, 1.82) is 0 Å². The first-order chi connectivity index (χ1) is 22.1. The molecule has 0 radical (unpaired) electrons. The number of nitrogens with one attached hydrogen (secondary N) is 1. The van der Waals surface area contributed by atoms with E-state index in [2.05, 4.69) is 65.1 Å². The maximum absolute atomic E-state index is 13.5. The average Bonchev–Trinajstić information content (AvgIpc) is 2.97. The molecular weight excluding hydrogens is 722 g/mol. The number of amides is 1. The van der Waals surface area contributed by atoms with E-state index in [9.17, 15) is 31.1 Å². The first-order valence-electron chi connectivity index (χ1n) is 15.5. The Hall–Kier alpha value is -3.33. The van der Waals surface area contributed by atoms with Crippen LogP contribution in [0.15, 0.2) is 47.1 Å². The first kappa shape index (κ1) is 37.5. The van der Waals surface area contributed by atoms with Crippen LogP contribution in [0.3, 0.4) is 0 Å². The van der Waals surface area contributed by atoms with Crippen LogP contribution in [0.2, 0.25) is 18.1 Å². The van der Waals surface area contributed by atoms with Crippen LogP contribution in [0, 0.1) is 0 Å². The zero-order valence-electron chi connectivity index (χ0n) is 27.7. The van der Waals surface area contributed by atoms with Crippen molar-refractivity contribution >= 4 is 42.0 Å². The van der Waals surface area contributed by atoms with E-state index in [1.807, 2.05) is 25.1 Å². The van der Waals surface area contributed by atoms with Gasteiger partial charge in [-0.05, 0) is 95.8 Å². The highest BCUT2D eigenvalue weighted by Gasteiger charge is 2.41. The lowest BCUT2D eigenvalue weighted by Crippen LogP contribution is -2.46. The second-order valence-corrected chi connectivity index (χ2v) is 18.8. The van der Waals surface area contributed by atoms with Crippen molar-refractivity contribution in [2.75, 3.05) is 16.8 Å². The quantitative estimate of drug-likeness (QED) is 0.182. The Kier molecular flexibility index (Phi) is 10.8. The molecule has 7 nitrogen and oxygen atoms in total. The molecule has 1 aliphatic rings. The van der Waals surface area contributed by atoms with Gasteiger partial charge in [0.15, 0.2) is 0 Å². The minimum Gasteiger partial charge on any atom is -0.543 e. The van der Waals surface area contributed by atoms with Crippen molar-refractivity contribution in [1.82, 2.24) is 9.97 Å². The lowest BCUT2D eigenvalue weighted by atomic mass is 9.90. The fraction of sp³-hybridized carbons (Fsp3) is 0.485. The molecule has 0 bridgehead atoms. The van der Waals surface area contributed by atoms with Crippen LogP contribution in [-0.2, 0) is 23.5 Å². The standard InChI is InChI=1S/C33H39BrF6N4O3Si/c1-8-22-16-26(24-17-23(47-48(6,7)31(3,4)5)10-11-28(24)44(22)30(45)46-9-2)42-29-41-18-25(34)27(43-29)14-19-12-20(32(35,36)37)15-21(13-19)33(38,39)40/h10-13,15,17-18,22,26H,8-9,14,16H2,1-7H3,(H,41,42,43). The van der Waals surface area contributed by atoms with Crippen molar-refractivity contribution < 1.29 is 40.3 Å². The monoisotopic (exact) mass is 760 g/mol. The molecule has 1 aromatic heterocycles. The summed E-state index contributed by atoms with van der Waals surface area (Å²) in [4.78, 5) is 23.6. The van der Waals surface area contributed by atoms with E-state index in [-0.39, 0.29) is 47.4 Å². The van der Waals surface area contributed by atoms with Crippen molar-refractivity contribution in [3.8, 4) is 5.75 Å². The van der Waals surface area contributed by atoms with Gasteiger partial charge in [-0.3, -0.25) is 4.90 Å². The van der Waals surface area contributed by atoms with E-state index in [4.69, 9.17) is 9.16 Å². The number of carbonyl (C=O) groups is 1. The lowest BCUT2D eigenvalue weighted by molar-refractivity contribution is -0.143. The number of rotatable bonds is 8. The van der Waals surface area contributed by atoms with Gasteiger partial charge >= 0.3 is 18.4 Å². The van der Waals surface area contributed by atoms with E-state index < -0.39 is 43.9 Å². The summed E-state index contributed by atoms with van der Waals surface area (Å²) in [5.41, 5.74) is -1.48. The molecule has 1 aliphatic heterocycles. The molecule has 0 aliphatic carbocycles. The summed E-state index contributed by atoms with van der Waals surface area (Å²) in [5.74, 6) is 0.746. The van der Waals surface area contributed by atoms with Crippen molar-refractivity contribution in [3.63, 3.8) is 0 Å². The summed E-state index contributed by atoms with van der Waals surface area (Å²) < 4.78 is 93.3. The minimum absolute atomic E-state index is 0.0764. The Bertz CT molecular complexity index is 1610. The minimum atomic E-state index is -4.97. The van der Waals surface area contributed by atoms with E-state index in [0.717, 1.165) is 5.56 Å². The third-order valence-corrected chi connectivity index (χ3v) is 13.8. The van der Waals surface area contributed by atoms with Crippen molar-refractivity contribution in [3.05, 3.63) is 75.0 Å². The number of benzene rings is 2. The van der Waals surface area contributed by atoms with Crippen LogP contribution in [0.1, 0.15) is 81.4 Å². The maximum Gasteiger partial charge on any atom is 0.416 e. The Morgan fingerprint density at radius 3 is 2.19 bits per heavy atom. The van der Waals surface area contributed by atoms with E-state index in [1.54, 1.807) is 11.8 Å². The SMILES string of the molecule is CCOC(=O)N1c2ccc(O[Si](C)(C)C(C)(C)C)cc2C(Nc2ncc(Br)c(Cc3cc(C(F)(F)F)cc(C(F)(F)F)c3)n2)CC1CC. The summed E-state index contributed by atoms with van der Waals surface area (Å²) >= 11 is 3.30. The van der Waals surface area contributed by atoms with E-state index in [1.165, 1.54) is 6.20 Å². The van der Waals surface area contributed by atoms with Gasteiger partial charge in [-0.15, -0.1) is 0 Å². The predicted octanol–water partition coefficient (Wildman–Crippen LogP) is 10.5. The number of hydrogen-bond acceptors (Lipinski definition) is 6. The first-order valence-corrected chi connectivity index (χ1v) is 19.2. The molecule has 0 fully saturated rings. The van der Waals surface area contributed by atoms with Gasteiger partial charge in [0.2, 0.25) is 14.3 Å². The Balaban J connectivity index is 1.74. The van der Waals surface area contributed by atoms with Crippen LogP contribution in [0.25, 0.3) is 0 Å². The van der Waals surface area contributed by atoms with Crippen molar-refractivity contribution in [2.24, 2.45) is 0 Å². The highest BCUT2D eigenvalue weighted by Crippen LogP contribution is 2.44. The van der Waals surface area contributed by atoms with Gasteiger partial charge in [-0.1, -0.05) is 27.7 Å². The number of fused-ring (bicyclic) bond motifs is 1. The zero-order valence-corrected chi connectivity index (χ0v) is 30.3. The molecular formula is C33H39BrF6N4O3Si. The summed E-state index contributed by atoms with van der Waals surface area (Å²) in [6.07, 6.45) is -8.33. The van der Waals surface area contributed by atoms with Crippen LogP contribution >= 0.6 is 15.9 Å². The zero-order chi connectivity index (χ0) is 35.8. The Morgan fingerprint density at radius 2 is 1.65 bits per heavy atom. The number of ether oxygens (including phenoxy) is 1. The third-order valence-electron chi connectivity index (χ3n) is 8.76. The van der Waals surface area contributed by atoms with Crippen molar-refractivity contribution in [2.45, 2.75) is 96.4 Å². The van der Waals surface area contributed by atoms with Crippen LogP contribution < -0.4 is 14.6 Å². The summed E-state index contributed by atoms with van der Waals surface area (Å²) in [5, 5.41) is 3.24. The highest BCUT2D eigenvalue weighted by atomic mass is 79.9. The number of aromatic nitrogens is 2. The molecule has 0 saturated carbocycles. The second-order valence-electron chi connectivity index (χ2n) is 13.2. The number of anilines is 2. The van der Waals surface area contributed by atoms with Gasteiger partial charge in [-0.2, -0.15) is 26.3 Å². The average molecular weight is 762 g/mol. The van der Waals surface area contributed by atoms with Gasteiger partial charge in [-0.25, -0.2) is 14.8 Å². The summed E-state index contributed by atoms with van der Waals surface area (Å²) in [6, 6.07) is 6.32. The third kappa shape index (κ3) is 8.44. The molecule has 2 heterocycles. The molecule has 2 aromatic carbocycles. The van der Waals surface area contributed by atoms with Gasteiger partial charge in [0.25, 0.3) is 0 Å². The smallest absolute Gasteiger partial charge is 0.416 e. The molecule has 3 aromatic rings. The fourth-order valence-corrected chi connectivity index (χ4v) is 6.59. The molecule has 2 atom stereocenters. The normalized spacial score (nSPS) is 17.2. The number of hydrogen-bond donors (Lipinski definition) is 1. The molecule has 48 heavy (non-hydrogen) atoms. The largest absolute Gasteiger partial charge is 0.543 e. The van der Waals surface area contributed by atoms with Crippen LogP contribution in [-0.4, -0.2) is 37.0 Å². The second kappa shape index (κ2) is 13.9. The number of alkyl halides is 6. The molecule has 1 N–H and O–H groups in total. The molecule has 262 valence electrons. The maximum atomic E-state index is 13.5. The van der Waals surface area contributed by atoms with Crippen LogP contribution in [0.5, 0.6) is 5.75 Å². The summed E-state index contributed by atoms with van der Waals surface area (Å²) in [7, 11) is -2.24. The van der Waals surface area contributed by atoms with Gasteiger partial charge in [0, 0.05) is 24.2 Å². The number of carbonyl (C=O) groups excluding carboxylic acids is 1. The molecule has 15 heteroatoms. The van der Waals surface area contributed by atoms with Crippen LogP contribution in [0.4, 0.5) is 42.8 Å². The van der Waals surface area contributed by atoms with E-state index in [0.29, 0.717) is 40.9 Å². The Morgan fingerprint density at radius 1 is 1.02 bits per heavy atom. The fourth-order valence-electron chi connectivity index (χ4n) is 5.24. The lowest BCUT2D eigenvalue weighted by Gasteiger charge is -2.41.